The number of halogens is 1. The summed E-state index contributed by atoms with van der Waals surface area (Å²) in [5.41, 5.74) is 2.60. The Bertz CT molecular complexity index is 1060. The Balaban J connectivity index is 2.24. The second-order valence-electron chi connectivity index (χ2n) is 6.47. The second kappa shape index (κ2) is 9.01. The molecule has 2 atom stereocenters. The predicted octanol–water partition coefficient (Wildman–Crippen LogP) is 5.38. The number of nitriles is 2. The number of carbonyl (C=O) groups excluding carboxylic acids is 1. The molecule has 2 aromatic rings. The number of ether oxygens (including phenoxy) is 1. The normalized spacial score (nSPS) is 16.0. The number of hydrogen-bond acceptors (Lipinski definition) is 5. The van der Waals surface area contributed by atoms with Gasteiger partial charge in [-0.25, -0.2) is 4.79 Å². The molecule has 0 N–H and O–H groups in total. The Hall–Kier alpha value is -2.99. The van der Waals surface area contributed by atoms with Crippen LogP contribution in [0.3, 0.4) is 0 Å². The highest BCUT2D eigenvalue weighted by Gasteiger charge is 2.37. The highest BCUT2D eigenvalue weighted by atomic mass is 35.5. The molecule has 0 bridgehead atoms. The standard InChI is InChI=1S/C23H17ClN2O2S/c1-14(23(27)28-2)21(15-7-9-17(24)10-8-15)19-13-29-20-6-4-3-5-18(20)22(19)16(11-25)12-26/h3-10,19,21H,1,13H2,2H3/t19-,21-/m0/s1. The molecule has 0 aromatic heterocycles. The summed E-state index contributed by atoms with van der Waals surface area (Å²) in [7, 11) is 1.31. The van der Waals surface area contributed by atoms with Gasteiger partial charge in [0, 0.05) is 33.1 Å². The minimum atomic E-state index is -0.524. The maximum absolute atomic E-state index is 12.4. The number of allylic oxidation sites excluding steroid dienone is 2. The fraction of sp³-hybridized carbons (Fsp3) is 0.174. The van der Waals surface area contributed by atoms with E-state index in [1.165, 1.54) is 7.11 Å². The van der Waals surface area contributed by atoms with Gasteiger partial charge in [-0.15, -0.1) is 11.8 Å². The molecule has 0 unspecified atom stereocenters. The Morgan fingerprint density at radius 1 is 1.21 bits per heavy atom. The average Bonchev–Trinajstić information content (AvgIpc) is 2.76. The van der Waals surface area contributed by atoms with Crippen LogP contribution in [0.4, 0.5) is 0 Å². The van der Waals surface area contributed by atoms with E-state index in [2.05, 4.69) is 6.58 Å². The van der Waals surface area contributed by atoms with Crippen molar-refractivity contribution in [3.63, 3.8) is 0 Å². The van der Waals surface area contributed by atoms with Crippen molar-refractivity contribution in [1.29, 1.82) is 10.5 Å². The van der Waals surface area contributed by atoms with Crippen LogP contribution in [0.5, 0.6) is 0 Å². The SMILES string of the molecule is C=C(C(=O)OC)[C@@H](c1ccc(Cl)cc1)[C@@H]1CSc2ccccc2C1=C(C#N)C#N. The first-order chi connectivity index (χ1) is 14.0. The molecule has 0 amide bonds. The number of carbonyl (C=O) groups is 1. The first kappa shape index (κ1) is 20.7. The summed E-state index contributed by atoms with van der Waals surface area (Å²) >= 11 is 7.68. The number of hydrogen-bond donors (Lipinski definition) is 0. The van der Waals surface area contributed by atoms with Crippen molar-refractivity contribution in [2.45, 2.75) is 10.8 Å². The third-order valence-electron chi connectivity index (χ3n) is 4.91. The van der Waals surface area contributed by atoms with Crippen LogP contribution < -0.4 is 0 Å². The molecule has 0 aliphatic carbocycles. The summed E-state index contributed by atoms with van der Waals surface area (Å²) in [6, 6.07) is 18.9. The monoisotopic (exact) mass is 420 g/mol. The van der Waals surface area contributed by atoms with Crippen LogP contribution in [0.25, 0.3) is 5.57 Å². The van der Waals surface area contributed by atoms with Gasteiger partial charge < -0.3 is 4.74 Å². The molecule has 0 radical (unpaired) electrons. The fourth-order valence-corrected chi connectivity index (χ4v) is 4.96. The Kier molecular flexibility index (Phi) is 6.44. The molecule has 1 heterocycles. The second-order valence-corrected chi connectivity index (χ2v) is 7.97. The molecule has 1 aliphatic rings. The highest BCUT2D eigenvalue weighted by molar-refractivity contribution is 7.99. The quantitative estimate of drug-likeness (QED) is 0.377. The van der Waals surface area contributed by atoms with E-state index < -0.39 is 11.9 Å². The molecule has 0 saturated heterocycles. The molecule has 144 valence electrons. The molecular formula is C23H17ClN2O2S. The van der Waals surface area contributed by atoms with Crippen molar-refractivity contribution >= 4 is 34.9 Å². The number of nitrogens with zero attached hydrogens (tertiary/aromatic N) is 2. The lowest BCUT2D eigenvalue weighted by Crippen LogP contribution is -2.26. The Labute approximate surface area is 179 Å². The van der Waals surface area contributed by atoms with Crippen molar-refractivity contribution in [2.75, 3.05) is 12.9 Å². The van der Waals surface area contributed by atoms with Crippen LogP contribution in [0.2, 0.25) is 5.02 Å². The number of rotatable bonds is 4. The third kappa shape index (κ3) is 4.07. The molecule has 29 heavy (non-hydrogen) atoms. The van der Waals surface area contributed by atoms with E-state index in [0.29, 0.717) is 16.3 Å². The van der Waals surface area contributed by atoms with Crippen LogP contribution in [-0.4, -0.2) is 18.8 Å². The number of thioether (sulfide) groups is 1. The van der Waals surface area contributed by atoms with Gasteiger partial charge in [-0.2, -0.15) is 10.5 Å². The molecule has 0 spiro atoms. The van der Waals surface area contributed by atoms with Gasteiger partial charge in [0.2, 0.25) is 0 Å². The van der Waals surface area contributed by atoms with Crippen molar-refractivity contribution in [2.24, 2.45) is 5.92 Å². The summed E-state index contributed by atoms with van der Waals surface area (Å²) in [5.74, 6) is -0.712. The van der Waals surface area contributed by atoms with E-state index in [-0.39, 0.29) is 17.1 Å². The summed E-state index contributed by atoms with van der Waals surface area (Å²) < 4.78 is 4.93. The van der Waals surface area contributed by atoms with Gasteiger partial charge in [-0.05, 0) is 34.9 Å². The molecule has 1 aliphatic heterocycles. The largest absolute Gasteiger partial charge is 0.466 e. The van der Waals surface area contributed by atoms with Gasteiger partial charge in [-0.3, -0.25) is 0 Å². The van der Waals surface area contributed by atoms with Gasteiger partial charge in [0.1, 0.15) is 17.7 Å². The molecule has 0 fully saturated rings. The van der Waals surface area contributed by atoms with Crippen molar-refractivity contribution in [3.05, 3.63) is 82.4 Å². The van der Waals surface area contributed by atoms with Gasteiger partial charge in [0.05, 0.1) is 7.11 Å². The van der Waals surface area contributed by atoms with Crippen LogP contribution >= 0.6 is 23.4 Å². The number of fused-ring (bicyclic) bond motifs is 1. The van der Waals surface area contributed by atoms with E-state index in [1.807, 2.05) is 48.5 Å². The lowest BCUT2D eigenvalue weighted by molar-refractivity contribution is -0.136. The first-order valence-corrected chi connectivity index (χ1v) is 10.2. The van der Waals surface area contributed by atoms with Crippen molar-refractivity contribution < 1.29 is 9.53 Å². The number of esters is 1. The molecule has 0 saturated carbocycles. The first-order valence-electron chi connectivity index (χ1n) is 8.81. The molecule has 4 nitrogen and oxygen atoms in total. The van der Waals surface area contributed by atoms with Gasteiger partial charge in [0.25, 0.3) is 0 Å². The zero-order valence-electron chi connectivity index (χ0n) is 15.7. The number of benzene rings is 2. The van der Waals surface area contributed by atoms with Crippen LogP contribution in [0.15, 0.2) is 71.2 Å². The topological polar surface area (TPSA) is 73.9 Å². The average molecular weight is 421 g/mol. The minimum absolute atomic E-state index is 0.0411. The van der Waals surface area contributed by atoms with Crippen LogP contribution in [-0.2, 0) is 9.53 Å². The summed E-state index contributed by atoms with van der Waals surface area (Å²) in [4.78, 5) is 13.4. The summed E-state index contributed by atoms with van der Waals surface area (Å²) in [6.07, 6.45) is 0. The van der Waals surface area contributed by atoms with E-state index in [4.69, 9.17) is 16.3 Å². The fourth-order valence-electron chi connectivity index (χ4n) is 3.61. The zero-order chi connectivity index (χ0) is 21.0. The third-order valence-corrected chi connectivity index (χ3v) is 6.36. The van der Waals surface area contributed by atoms with Crippen LogP contribution in [0.1, 0.15) is 17.0 Å². The maximum atomic E-state index is 12.4. The smallest absolute Gasteiger partial charge is 0.333 e. The van der Waals surface area contributed by atoms with Gasteiger partial charge >= 0.3 is 5.97 Å². The molecular weight excluding hydrogens is 404 g/mol. The van der Waals surface area contributed by atoms with Crippen molar-refractivity contribution in [1.82, 2.24) is 0 Å². The number of methoxy groups -OCH3 is 1. The summed E-state index contributed by atoms with van der Waals surface area (Å²) in [5, 5.41) is 19.8. The highest BCUT2D eigenvalue weighted by Crippen LogP contribution is 2.49. The predicted molar refractivity (Wildman–Crippen MR) is 114 cm³/mol. The molecule has 2 aromatic carbocycles. The van der Waals surface area contributed by atoms with Gasteiger partial charge in [-0.1, -0.05) is 48.5 Å². The molecule has 3 rings (SSSR count). The lowest BCUT2D eigenvalue weighted by Gasteiger charge is -2.34. The summed E-state index contributed by atoms with van der Waals surface area (Å²) in [6.45, 7) is 4.00. The molecule has 6 heteroatoms. The van der Waals surface area contributed by atoms with Crippen LogP contribution in [0, 0.1) is 28.6 Å². The maximum Gasteiger partial charge on any atom is 0.333 e. The van der Waals surface area contributed by atoms with E-state index in [9.17, 15) is 15.3 Å². The van der Waals surface area contributed by atoms with E-state index in [1.54, 1.807) is 23.9 Å². The Morgan fingerprint density at radius 3 is 2.48 bits per heavy atom. The Morgan fingerprint density at radius 2 is 1.86 bits per heavy atom. The lowest BCUT2D eigenvalue weighted by atomic mass is 9.74. The van der Waals surface area contributed by atoms with Gasteiger partial charge in [0.15, 0.2) is 0 Å². The van der Waals surface area contributed by atoms with E-state index >= 15 is 0 Å². The van der Waals surface area contributed by atoms with E-state index in [0.717, 1.165) is 16.0 Å². The minimum Gasteiger partial charge on any atom is -0.466 e. The zero-order valence-corrected chi connectivity index (χ0v) is 17.3. The van der Waals surface area contributed by atoms with Crippen molar-refractivity contribution in [3.8, 4) is 12.1 Å².